The van der Waals surface area contributed by atoms with Gasteiger partial charge in [-0.25, -0.2) is 0 Å². The van der Waals surface area contributed by atoms with Crippen LogP contribution in [-0.2, 0) is 0 Å². The predicted octanol–water partition coefficient (Wildman–Crippen LogP) is 2.04. The molecule has 0 aromatic carbocycles. The summed E-state index contributed by atoms with van der Waals surface area (Å²) in [4.78, 5) is 2.47. The van der Waals surface area contributed by atoms with Gasteiger partial charge in [0.2, 0.25) is 0 Å². The van der Waals surface area contributed by atoms with Gasteiger partial charge in [-0.1, -0.05) is 12.8 Å². The Labute approximate surface area is 64.2 Å². The van der Waals surface area contributed by atoms with Crippen molar-refractivity contribution in [3.63, 3.8) is 0 Å². The highest BCUT2D eigenvalue weighted by molar-refractivity contribution is 4.67. The zero-order chi connectivity index (χ0) is 6.69. The van der Waals surface area contributed by atoms with Crippen LogP contribution in [0.1, 0.15) is 32.6 Å². The molecule has 0 radical (unpaired) electrons. The Morgan fingerprint density at radius 1 is 1.20 bits per heavy atom. The van der Waals surface area contributed by atoms with E-state index in [1.807, 2.05) is 0 Å². The van der Waals surface area contributed by atoms with Crippen LogP contribution >= 0.6 is 0 Å². The van der Waals surface area contributed by atoms with Gasteiger partial charge in [-0.3, -0.25) is 0 Å². The second-order valence-corrected chi connectivity index (χ2v) is 3.18. The minimum absolute atomic E-state index is 0. The average Bonchev–Trinajstić information content (AvgIpc) is 1.99. The standard InChI is InChI=1S/C8H17N.H3N/c1-8-6-4-3-5-7-9(8)2;/h8H,3-7H2,1-2H3;1H3. The van der Waals surface area contributed by atoms with Crippen LogP contribution in [0.2, 0.25) is 0 Å². The molecule has 0 aromatic heterocycles. The van der Waals surface area contributed by atoms with Gasteiger partial charge in [0.1, 0.15) is 0 Å². The molecule has 0 amide bonds. The van der Waals surface area contributed by atoms with Crippen LogP contribution in [-0.4, -0.2) is 24.5 Å². The zero-order valence-electron chi connectivity index (χ0n) is 7.27. The number of hydrogen-bond acceptors (Lipinski definition) is 2. The first-order chi connectivity index (χ1) is 4.30. The van der Waals surface area contributed by atoms with Crippen molar-refractivity contribution < 1.29 is 0 Å². The molecule has 1 saturated heterocycles. The fourth-order valence-electron chi connectivity index (χ4n) is 1.42. The van der Waals surface area contributed by atoms with Crippen molar-refractivity contribution in [2.24, 2.45) is 0 Å². The van der Waals surface area contributed by atoms with E-state index < -0.39 is 0 Å². The molecule has 0 bridgehead atoms. The third-order valence-electron chi connectivity index (χ3n) is 2.39. The van der Waals surface area contributed by atoms with Crippen LogP contribution in [0, 0.1) is 0 Å². The van der Waals surface area contributed by atoms with E-state index in [9.17, 15) is 0 Å². The third kappa shape index (κ3) is 2.67. The van der Waals surface area contributed by atoms with Gasteiger partial charge in [-0.15, -0.1) is 0 Å². The highest BCUT2D eigenvalue weighted by Crippen LogP contribution is 2.13. The molecule has 0 saturated carbocycles. The minimum atomic E-state index is 0. The van der Waals surface area contributed by atoms with Crippen LogP contribution in [0.3, 0.4) is 0 Å². The summed E-state index contributed by atoms with van der Waals surface area (Å²) in [5.41, 5.74) is 0. The van der Waals surface area contributed by atoms with E-state index in [4.69, 9.17) is 0 Å². The average molecular weight is 144 g/mol. The van der Waals surface area contributed by atoms with Gasteiger partial charge in [0, 0.05) is 6.04 Å². The third-order valence-corrected chi connectivity index (χ3v) is 2.39. The van der Waals surface area contributed by atoms with Gasteiger partial charge in [-0.05, 0) is 33.4 Å². The SMILES string of the molecule is CC1CCCCCN1C.N. The Balaban J connectivity index is 0.000000810. The number of nitrogens with zero attached hydrogens (tertiary/aromatic N) is 1. The maximum atomic E-state index is 2.47. The molecule has 2 nitrogen and oxygen atoms in total. The molecule has 1 aliphatic heterocycles. The molecule has 1 aliphatic rings. The number of hydrogen-bond donors (Lipinski definition) is 1. The van der Waals surface area contributed by atoms with E-state index in [-0.39, 0.29) is 6.15 Å². The molecular formula is C8H20N2. The smallest absolute Gasteiger partial charge is 0.00638 e. The summed E-state index contributed by atoms with van der Waals surface area (Å²) in [5, 5.41) is 0. The summed E-state index contributed by atoms with van der Waals surface area (Å²) in [5.74, 6) is 0. The topological polar surface area (TPSA) is 38.2 Å². The molecular weight excluding hydrogens is 124 g/mol. The van der Waals surface area contributed by atoms with Crippen LogP contribution < -0.4 is 6.15 Å². The first kappa shape index (κ1) is 9.92. The Hall–Kier alpha value is -0.0800. The molecule has 10 heavy (non-hydrogen) atoms. The lowest BCUT2D eigenvalue weighted by Crippen LogP contribution is -2.27. The molecule has 3 N–H and O–H groups in total. The Bertz CT molecular complexity index is 73.3. The van der Waals surface area contributed by atoms with Crippen molar-refractivity contribution in [2.75, 3.05) is 13.6 Å². The molecule has 1 fully saturated rings. The predicted molar refractivity (Wildman–Crippen MR) is 45.6 cm³/mol. The molecule has 0 aromatic rings. The van der Waals surface area contributed by atoms with Gasteiger partial charge in [0.25, 0.3) is 0 Å². The van der Waals surface area contributed by atoms with E-state index in [2.05, 4.69) is 18.9 Å². The van der Waals surface area contributed by atoms with Gasteiger partial charge < -0.3 is 11.1 Å². The summed E-state index contributed by atoms with van der Waals surface area (Å²) in [6.45, 7) is 3.63. The normalized spacial score (nSPS) is 28.8. The van der Waals surface area contributed by atoms with Crippen LogP contribution in [0.4, 0.5) is 0 Å². The van der Waals surface area contributed by atoms with Crippen LogP contribution in [0.5, 0.6) is 0 Å². The van der Waals surface area contributed by atoms with Crippen molar-refractivity contribution in [3.8, 4) is 0 Å². The highest BCUT2D eigenvalue weighted by Gasteiger charge is 2.11. The summed E-state index contributed by atoms with van der Waals surface area (Å²) in [6, 6.07) is 0.826. The van der Waals surface area contributed by atoms with Crippen molar-refractivity contribution in [1.82, 2.24) is 11.1 Å². The lowest BCUT2D eigenvalue weighted by molar-refractivity contribution is 0.264. The van der Waals surface area contributed by atoms with Crippen LogP contribution in [0.15, 0.2) is 0 Å². The first-order valence-electron chi connectivity index (χ1n) is 4.01. The Morgan fingerprint density at radius 2 is 1.90 bits per heavy atom. The summed E-state index contributed by atoms with van der Waals surface area (Å²) in [7, 11) is 2.23. The summed E-state index contributed by atoms with van der Waals surface area (Å²) >= 11 is 0. The number of rotatable bonds is 0. The monoisotopic (exact) mass is 144 g/mol. The fraction of sp³-hybridized carbons (Fsp3) is 1.00. The largest absolute Gasteiger partial charge is 0.344 e. The maximum Gasteiger partial charge on any atom is 0.00638 e. The lowest BCUT2D eigenvalue weighted by atomic mass is 10.1. The van der Waals surface area contributed by atoms with Crippen molar-refractivity contribution in [1.29, 1.82) is 0 Å². The molecule has 62 valence electrons. The van der Waals surface area contributed by atoms with Crippen molar-refractivity contribution in [3.05, 3.63) is 0 Å². The minimum Gasteiger partial charge on any atom is -0.344 e. The fourth-order valence-corrected chi connectivity index (χ4v) is 1.42. The van der Waals surface area contributed by atoms with E-state index in [0.29, 0.717) is 0 Å². The van der Waals surface area contributed by atoms with E-state index >= 15 is 0 Å². The molecule has 2 heteroatoms. The first-order valence-corrected chi connectivity index (χ1v) is 4.01. The van der Waals surface area contributed by atoms with Crippen LogP contribution in [0.25, 0.3) is 0 Å². The number of likely N-dealkylation sites (tertiary alicyclic amines) is 1. The Morgan fingerprint density at radius 3 is 2.60 bits per heavy atom. The van der Waals surface area contributed by atoms with E-state index in [1.165, 1.54) is 32.2 Å². The van der Waals surface area contributed by atoms with E-state index in [0.717, 1.165) is 6.04 Å². The zero-order valence-corrected chi connectivity index (χ0v) is 7.27. The van der Waals surface area contributed by atoms with Crippen molar-refractivity contribution >= 4 is 0 Å². The second-order valence-electron chi connectivity index (χ2n) is 3.18. The molecule has 0 aliphatic carbocycles. The van der Waals surface area contributed by atoms with Gasteiger partial charge in [0.15, 0.2) is 0 Å². The van der Waals surface area contributed by atoms with Gasteiger partial charge >= 0.3 is 0 Å². The Kier molecular flexibility index (Phi) is 4.65. The molecule has 1 unspecified atom stereocenters. The molecule has 1 atom stereocenters. The summed E-state index contributed by atoms with van der Waals surface area (Å²) in [6.07, 6.45) is 5.68. The van der Waals surface area contributed by atoms with Gasteiger partial charge in [-0.2, -0.15) is 0 Å². The lowest BCUT2D eigenvalue weighted by Gasteiger charge is -2.20. The molecule has 1 heterocycles. The molecule has 0 spiro atoms. The maximum absolute atomic E-state index is 2.47. The second kappa shape index (κ2) is 4.69. The van der Waals surface area contributed by atoms with E-state index in [1.54, 1.807) is 0 Å². The van der Waals surface area contributed by atoms with Gasteiger partial charge in [0.05, 0.1) is 0 Å². The summed E-state index contributed by atoms with van der Waals surface area (Å²) < 4.78 is 0. The van der Waals surface area contributed by atoms with Crippen molar-refractivity contribution in [2.45, 2.75) is 38.6 Å². The quantitative estimate of drug-likeness (QED) is 0.565. The highest BCUT2D eigenvalue weighted by atomic mass is 15.1. The molecule has 1 rings (SSSR count).